The van der Waals surface area contributed by atoms with Gasteiger partial charge in [0, 0.05) is 54.2 Å². The minimum atomic E-state index is -0.429. The van der Waals surface area contributed by atoms with Crippen molar-refractivity contribution in [2.75, 3.05) is 10.6 Å². The summed E-state index contributed by atoms with van der Waals surface area (Å²) >= 11 is 6.66. The Bertz CT molecular complexity index is 2300. The highest BCUT2D eigenvalue weighted by atomic mass is 79.9. The number of nitrogens with zero attached hydrogens (tertiary/aromatic N) is 1. The van der Waals surface area contributed by atoms with E-state index in [1.807, 2.05) is 36.4 Å². The van der Waals surface area contributed by atoms with E-state index >= 15 is 0 Å². The summed E-state index contributed by atoms with van der Waals surface area (Å²) in [5.41, 5.74) is 7.19. The standard InChI is InChI=1S/C25H24N2O.C14H9Br2N3O2/c1-25(2)21-10-6-7-11-22(21)27-24(25)20-15-26-23-14-18(12-13-19(20)23)28-16-17-8-4-3-5-9-17;15-7-1-3-11-9(5-7)13(19-18-11)17-14(21)10-6-8(16)2-4-12(10)20/h3-15,24,26-27H,16H2,1-2H3;1-6,20H,(H2,17,18,19,21). The molecule has 5 aromatic carbocycles. The number of nitrogens with one attached hydrogen (secondary N) is 4. The second-order valence-electron chi connectivity index (χ2n) is 12.4. The van der Waals surface area contributed by atoms with Crippen molar-refractivity contribution in [1.82, 2.24) is 15.2 Å². The molecule has 1 aliphatic rings. The average molecular weight is 780 g/mol. The van der Waals surface area contributed by atoms with Crippen LogP contribution in [0, 0.1) is 0 Å². The number of para-hydroxylation sites is 1. The van der Waals surface area contributed by atoms with Crippen molar-refractivity contribution >= 4 is 71.1 Å². The van der Waals surface area contributed by atoms with Crippen molar-refractivity contribution in [3.8, 4) is 11.5 Å². The van der Waals surface area contributed by atoms with E-state index in [1.165, 1.54) is 33.8 Å². The topological polar surface area (TPSA) is 115 Å². The number of aromatic amines is 2. The largest absolute Gasteiger partial charge is 0.507 e. The van der Waals surface area contributed by atoms with E-state index in [9.17, 15) is 9.90 Å². The number of hydrogen-bond donors (Lipinski definition) is 5. The number of carbonyl (C=O) groups excluding carboxylic acids is 1. The molecule has 8 rings (SSSR count). The number of anilines is 2. The van der Waals surface area contributed by atoms with Crippen LogP contribution in [0.5, 0.6) is 11.5 Å². The van der Waals surface area contributed by atoms with Gasteiger partial charge in [-0.1, -0.05) is 94.2 Å². The fourth-order valence-corrected chi connectivity index (χ4v) is 6.99. The Balaban J connectivity index is 0.000000161. The molecule has 10 heteroatoms. The van der Waals surface area contributed by atoms with E-state index in [-0.39, 0.29) is 22.8 Å². The Morgan fingerprint density at radius 2 is 1.63 bits per heavy atom. The molecule has 0 saturated heterocycles. The zero-order valence-corrected chi connectivity index (χ0v) is 29.9. The molecule has 0 bridgehead atoms. The summed E-state index contributed by atoms with van der Waals surface area (Å²) in [5.74, 6) is 0.779. The van der Waals surface area contributed by atoms with E-state index in [0.717, 1.165) is 26.6 Å². The normalized spacial score (nSPS) is 14.5. The number of amides is 1. The zero-order valence-electron chi connectivity index (χ0n) is 26.7. The fraction of sp³-hybridized carbons (Fsp3) is 0.128. The maximum atomic E-state index is 12.3. The second kappa shape index (κ2) is 13.4. The first kappa shape index (κ1) is 32.5. The first-order valence-electron chi connectivity index (χ1n) is 15.7. The summed E-state index contributed by atoms with van der Waals surface area (Å²) in [5, 5.41) is 25.1. The Morgan fingerprint density at radius 1 is 0.878 bits per heavy atom. The molecule has 7 aromatic rings. The van der Waals surface area contributed by atoms with E-state index in [1.54, 1.807) is 12.1 Å². The van der Waals surface area contributed by atoms with Gasteiger partial charge in [-0.3, -0.25) is 9.89 Å². The number of rotatable bonds is 6. The van der Waals surface area contributed by atoms with Crippen LogP contribution in [-0.2, 0) is 12.0 Å². The van der Waals surface area contributed by atoms with Gasteiger partial charge in [0.25, 0.3) is 5.91 Å². The molecular formula is C39H33Br2N5O3. The van der Waals surface area contributed by atoms with Crippen LogP contribution in [0.25, 0.3) is 21.8 Å². The molecule has 8 nitrogen and oxygen atoms in total. The van der Waals surface area contributed by atoms with Crippen LogP contribution in [0.3, 0.4) is 0 Å². The van der Waals surface area contributed by atoms with Crippen LogP contribution >= 0.6 is 31.9 Å². The molecule has 49 heavy (non-hydrogen) atoms. The van der Waals surface area contributed by atoms with Gasteiger partial charge in [-0.25, -0.2) is 0 Å². The van der Waals surface area contributed by atoms with E-state index < -0.39 is 5.91 Å². The smallest absolute Gasteiger partial charge is 0.260 e. The summed E-state index contributed by atoms with van der Waals surface area (Å²) in [6, 6.07) is 35.7. The molecule has 1 aliphatic heterocycles. The number of aromatic hydroxyl groups is 1. The summed E-state index contributed by atoms with van der Waals surface area (Å²) in [6.45, 7) is 5.20. The van der Waals surface area contributed by atoms with Crippen LogP contribution in [0.4, 0.5) is 11.5 Å². The van der Waals surface area contributed by atoms with Crippen molar-refractivity contribution in [3.63, 3.8) is 0 Å². The lowest BCUT2D eigenvalue weighted by atomic mass is 9.78. The SMILES string of the molecule is CC1(C)c2ccccc2NC1c1c[nH]c2cc(OCc3ccccc3)ccc12.O=C(Nc1n[nH]c2ccc(Br)cc12)c1cc(Br)ccc1O. The Hall–Kier alpha value is -5.06. The van der Waals surface area contributed by atoms with Crippen molar-refractivity contribution < 1.29 is 14.6 Å². The third-order valence-corrected chi connectivity index (χ3v) is 9.83. The van der Waals surface area contributed by atoms with Gasteiger partial charge < -0.3 is 25.5 Å². The zero-order chi connectivity index (χ0) is 34.1. The molecule has 0 fully saturated rings. The van der Waals surface area contributed by atoms with Gasteiger partial charge in [-0.2, -0.15) is 5.10 Å². The van der Waals surface area contributed by atoms with E-state index in [0.29, 0.717) is 16.9 Å². The molecule has 1 atom stereocenters. The minimum Gasteiger partial charge on any atom is -0.507 e. The number of phenolic OH excluding ortho intramolecular Hbond substituents is 1. The second-order valence-corrected chi connectivity index (χ2v) is 14.3. The number of ether oxygens (including phenoxy) is 1. The first-order valence-corrected chi connectivity index (χ1v) is 17.3. The summed E-state index contributed by atoms with van der Waals surface area (Å²) in [6.07, 6.45) is 2.14. The highest BCUT2D eigenvalue weighted by Crippen LogP contribution is 2.49. The molecular weight excluding hydrogens is 746 g/mol. The minimum absolute atomic E-state index is 0.0220. The van der Waals surface area contributed by atoms with Crippen LogP contribution in [0.15, 0.2) is 124 Å². The summed E-state index contributed by atoms with van der Waals surface area (Å²) < 4.78 is 7.59. The molecule has 246 valence electrons. The summed E-state index contributed by atoms with van der Waals surface area (Å²) in [7, 11) is 0. The molecule has 0 saturated carbocycles. The molecule has 0 radical (unpaired) electrons. The number of carbonyl (C=O) groups is 1. The predicted octanol–water partition coefficient (Wildman–Crippen LogP) is 10.2. The van der Waals surface area contributed by atoms with Gasteiger partial charge in [0.15, 0.2) is 5.82 Å². The monoisotopic (exact) mass is 777 g/mol. The Kier molecular flexibility index (Phi) is 8.92. The molecule has 3 heterocycles. The lowest BCUT2D eigenvalue weighted by molar-refractivity contribution is 0.102. The highest BCUT2D eigenvalue weighted by molar-refractivity contribution is 9.10. The number of phenols is 1. The van der Waals surface area contributed by atoms with E-state index in [2.05, 4.69) is 132 Å². The van der Waals surface area contributed by atoms with E-state index in [4.69, 9.17) is 4.74 Å². The fourth-order valence-electron chi connectivity index (χ4n) is 6.27. The number of fused-ring (bicyclic) bond motifs is 3. The molecule has 0 aliphatic carbocycles. The van der Waals surface area contributed by atoms with Crippen LogP contribution in [0.1, 0.15) is 46.9 Å². The van der Waals surface area contributed by atoms with Gasteiger partial charge in [0.1, 0.15) is 18.1 Å². The molecule has 1 amide bonds. The number of aromatic nitrogens is 3. The number of H-pyrrole nitrogens is 2. The highest BCUT2D eigenvalue weighted by Gasteiger charge is 2.40. The maximum Gasteiger partial charge on any atom is 0.260 e. The van der Waals surface area contributed by atoms with Gasteiger partial charge >= 0.3 is 0 Å². The van der Waals surface area contributed by atoms with Crippen LogP contribution in [0.2, 0.25) is 0 Å². The van der Waals surface area contributed by atoms with Gasteiger partial charge in [0.05, 0.1) is 17.1 Å². The van der Waals surface area contributed by atoms with Crippen LogP contribution < -0.4 is 15.4 Å². The van der Waals surface area contributed by atoms with Gasteiger partial charge in [-0.05, 0) is 65.7 Å². The average Bonchev–Trinajstić information content (AvgIpc) is 3.78. The van der Waals surface area contributed by atoms with Gasteiger partial charge in [-0.15, -0.1) is 0 Å². The predicted molar refractivity (Wildman–Crippen MR) is 202 cm³/mol. The Labute approximate surface area is 300 Å². The molecule has 5 N–H and O–H groups in total. The molecule has 2 aromatic heterocycles. The number of halogens is 2. The number of benzene rings is 5. The van der Waals surface area contributed by atoms with Crippen molar-refractivity contribution in [3.05, 3.63) is 147 Å². The lowest BCUT2D eigenvalue weighted by Crippen LogP contribution is -2.25. The third-order valence-electron chi connectivity index (χ3n) is 8.85. The first-order chi connectivity index (χ1) is 23.7. The van der Waals surface area contributed by atoms with Crippen LogP contribution in [-0.4, -0.2) is 26.2 Å². The Morgan fingerprint density at radius 3 is 2.45 bits per heavy atom. The summed E-state index contributed by atoms with van der Waals surface area (Å²) in [4.78, 5) is 15.7. The van der Waals surface area contributed by atoms with Crippen molar-refractivity contribution in [2.24, 2.45) is 0 Å². The van der Waals surface area contributed by atoms with Crippen molar-refractivity contribution in [2.45, 2.75) is 31.9 Å². The lowest BCUT2D eigenvalue weighted by Gasteiger charge is -2.27. The maximum absolute atomic E-state index is 12.3. The molecule has 0 spiro atoms. The quantitative estimate of drug-likeness (QED) is 0.115. The molecule has 1 unspecified atom stereocenters. The van der Waals surface area contributed by atoms with Crippen molar-refractivity contribution in [1.29, 1.82) is 0 Å². The van der Waals surface area contributed by atoms with Gasteiger partial charge in [0.2, 0.25) is 0 Å². The number of hydrogen-bond acceptors (Lipinski definition) is 5. The third kappa shape index (κ3) is 6.66.